The van der Waals surface area contributed by atoms with Crippen molar-refractivity contribution in [3.05, 3.63) is 35.9 Å². The summed E-state index contributed by atoms with van der Waals surface area (Å²) in [5, 5.41) is 2.77. The average molecular weight is 305 g/mol. The predicted octanol–water partition coefficient (Wildman–Crippen LogP) is 4.23. The monoisotopic (exact) mass is 305 g/mol. The number of rotatable bonds is 12. The zero-order valence-corrected chi connectivity index (χ0v) is 13.3. The van der Waals surface area contributed by atoms with Crippen LogP contribution >= 0.6 is 0 Å². The van der Waals surface area contributed by atoms with Crippen LogP contribution in [0.2, 0.25) is 0 Å². The van der Waals surface area contributed by atoms with E-state index in [1.165, 1.54) is 19.3 Å². The first kappa shape index (κ1) is 18.2. The summed E-state index contributed by atoms with van der Waals surface area (Å²) in [5.41, 5.74) is 0.993. The van der Waals surface area contributed by atoms with Crippen molar-refractivity contribution in [2.45, 2.75) is 58.0 Å². The van der Waals surface area contributed by atoms with E-state index in [0.717, 1.165) is 37.5 Å². The van der Waals surface area contributed by atoms with Crippen molar-refractivity contribution in [1.29, 1.82) is 0 Å². The summed E-state index contributed by atoms with van der Waals surface area (Å²) in [4.78, 5) is 21.6. The average Bonchev–Trinajstić information content (AvgIpc) is 2.55. The van der Waals surface area contributed by atoms with E-state index in [-0.39, 0.29) is 6.09 Å². The standard InChI is InChI=1S/C18H27NO3/c20-15-11-6-4-2-1-3-5-10-14-19-18(21)22-16-17-12-8-7-9-13-17/h7-9,12-13,15H,1-6,10-11,14,16H2,(H,19,21). The van der Waals surface area contributed by atoms with Crippen molar-refractivity contribution in [3.8, 4) is 0 Å². The number of hydrogen-bond donors (Lipinski definition) is 1. The first-order chi connectivity index (χ1) is 10.8. The Morgan fingerprint density at radius 2 is 1.59 bits per heavy atom. The van der Waals surface area contributed by atoms with Gasteiger partial charge in [0.1, 0.15) is 12.9 Å². The van der Waals surface area contributed by atoms with E-state index in [1.807, 2.05) is 30.3 Å². The van der Waals surface area contributed by atoms with E-state index < -0.39 is 0 Å². The molecule has 1 aromatic carbocycles. The quantitative estimate of drug-likeness (QED) is 0.464. The number of ether oxygens (including phenoxy) is 1. The second-order valence-electron chi connectivity index (χ2n) is 5.42. The molecule has 0 fully saturated rings. The number of alkyl carbamates (subject to hydrolysis) is 1. The molecule has 0 spiro atoms. The molecule has 0 saturated carbocycles. The fourth-order valence-electron chi connectivity index (χ4n) is 2.20. The number of hydrogen-bond acceptors (Lipinski definition) is 3. The minimum Gasteiger partial charge on any atom is -0.445 e. The lowest BCUT2D eigenvalue weighted by atomic mass is 10.1. The van der Waals surface area contributed by atoms with Crippen LogP contribution in [0.4, 0.5) is 4.79 Å². The summed E-state index contributed by atoms with van der Waals surface area (Å²) >= 11 is 0. The Kier molecular flexibility index (Phi) is 10.7. The Balaban J connectivity index is 1.87. The number of nitrogens with one attached hydrogen (secondary N) is 1. The molecule has 0 bridgehead atoms. The van der Waals surface area contributed by atoms with Gasteiger partial charge in [0.15, 0.2) is 0 Å². The Morgan fingerprint density at radius 1 is 0.955 bits per heavy atom. The molecule has 0 aliphatic carbocycles. The highest BCUT2D eigenvalue weighted by atomic mass is 16.5. The van der Waals surface area contributed by atoms with E-state index in [9.17, 15) is 9.59 Å². The van der Waals surface area contributed by atoms with Gasteiger partial charge in [-0.2, -0.15) is 0 Å². The molecule has 1 amide bonds. The number of amides is 1. The smallest absolute Gasteiger partial charge is 0.407 e. The fourth-order valence-corrected chi connectivity index (χ4v) is 2.20. The first-order valence-corrected chi connectivity index (χ1v) is 8.21. The molecular formula is C18H27NO3. The molecule has 122 valence electrons. The van der Waals surface area contributed by atoms with Crippen molar-refractivity contribution in [2.75, 3.05) is 6.54 Å². The summed E-state index contributed by atoms with van der Waals surface area (Å²) in [5.74, 6) is 0. The SMILES string of the molecule is O=CCCCCCCCCCNC(=O)OCc1ccccc1. The molecule has 0 radical (unpaired) electrons. The molecule has 0 saturated heterocycles. The van der Waals surface area contributed by atoms with E-state index in [0.29, 0.717) is 19.6 Å². The summed E-state index contributed by atoms with van der Waals surface area (Å²) in [7, 11) is 0. The largest absolute Gasteiger partial charge is 0.445 e. The maximum atomic E-state index is 11.5. The van der Waals surface area contributed by atoms with Crippen molar-refractivity contribution in [1.82, 2.24) is 5.32 Å². The van der Waals surface area contributed by atoms with Crippen LogP contribution in [0, 0.1) is 0 Å². The molecule has 22 heavy (non-hydrogen) atoms. The Labute approximate surface area is 133 Å². The van der Waals surface area contributed by atoms with Gasteiger partial charge in [-0.3, -0.25) is 0 Å². The number of carbonyl (C=O) groups is 2. The topological polar surface area (TPSA) is 55.4 Å². The lowest BCUT2D eigenvalue weighted by Crippen LogP contribution is -2.25. The predicted molar refractivity (Wildman–Crippen MR) is 87.6 cm³/mol. The van der Waals surface area contributed by atoms with Crippen molar-refractivity contribution in [3.63, 3.8) is 0 Å². The minimum atomic E-state index is -0.349. The normalized spacial score (nSPS) is 10.2. The second-order valence-corrected chi connectivity index (χ2v) is 5.42. The summed E-state index contributed by atoms with van der Waals surface area (Å²) in [6.07, 6.45) is 9.16. The van der Waals surface area contributed by atoms with Gasteiger partial charge in [-0.1, -0.05) is 62.4 Å². The van der Waals surface area contributed by atoms with Crippen molar-refractivity contribution < 1.29 is 14.3 Å². The number of aldehydes is 1. The van der Waals surface area contributed by atoms with Crippen molar-refractivity contribution >= 4 is 12.4 Å². The molecule has 4 heteroatoms. The maximum Gasteiger partial charge on any atom is 0.407 e. The van der Waals surface area contributed by atoms with Gasteiger partial charge in [-0.05, 0) is 18.4 Å². The highest BCUT2D eigenvalue weighted by Gasteiger charge is 2.01. The number of carbonyl (C=O) groups excluding carboxylic acids is 2. The minimum absolute atomic E-state index is 0.313. The molecule has 4 nitrogen and oxygen atoms in total. The Bertz CT molecular complexity index is 406. The van der Waals surface area contributed by atoms with E-state index in [2.05, 4.69) is 5.32 Å². The first-order valence-electron chi connectivity index (χ1n) is 8.21. The summed E-state index contributed by atoms with van der Waals surface area (Å²) in [6.45, 7) is 0.978. The zero-order chi connectivity index (χ0) is 15.9. The van der Waals surface area contributed by atoms with Gasteiger partial charge in [0, 0.05) is 13.0 Å². The van der Waals surface area contributed by atoms with E-state index in [4.69, 9.17) is 4.74 Å². The Hall–Kier alpha value is -1.84. The molecule has 0 atom stereocenters. The molecule has 0 heterocycles. The van der Waals surface area contributed by atoms with Crippen LogP contribution < -0.4 is 5.32 Å². The zero-order valence-electron chi connectivity index (χ0n) is 13.3. The van der Waals surface area contributed by atoms with Crippen molar-refractivity contribution in [2.24, 2.45) is 0 Å². The van der Waals surface area contributed by atoms with Gasteiger partial charge in [0.25, 0.3) is 0 Å². The van der Waals surface area contributed by atoms with Gasteiger partial charge in [-0.15, -0.1) is 0 Å². The maximum absolute atomic E-state index is 11.5. The molecule has 1 rings (SSSR count). The fraction of sp³-hybridized carbons (Fsp3) is 0.556. The van der Waals surface area contributed by atoms with Crippen LogP contribution in [0.25, 0.3) is 0 Å². The molecular weight excluding hydrogens is 278 g/mol. The molecule has 1 N–H and O–H groups in total. The van der Waals surface area contributed by atoms with Crippen LogP contribution in [-0.4, -0.2) is 18.9 Å². The number of benzene rings is 1. The number of unbranched alkanes of at least 4 members (excludes halogenated alkanes) is 7. The molecule has 0 aliphatic rings. The lowest BCUT2D eigenvalue weighted by molar-refractivity contribution is -0.107. The molecule has 0 aliphatic heterocycles. The Morgan fingerprint density at radius 3 is 2.27 bits per heavy atom. The second kappa shape index (κ2) is 12.9. The van der Waals surface area contributed by atoms with Gasteiger partial charge in [0.05, 0.1) is 0 Å². The third-order valence-corrected chi connectivity index (χ3v) is 3.48. The lowest BCUT2D eigenvalue weighted by Gasteiger charge is -2.07. The molecule has 1 aromatic rings. The van der Waals surface area contributed by atoms with Gasteiger partial charge in [0.2, 0.25) is 0 Å². The van der Waals surface area contributed by atoms with Gasteiger partial charge >= 0.3 is 6.09 Å². The van der Waals surface area contributed by atoms with Gasteiger partial charge < -0.3 is 14.8 Å². The molecule has 0 aromatic heterocycles. The van der Waals surface area contributed by atoms with Crippen LogP contribution in [0.15, 0.2) is 30.3 Å². The summed E-state index contributed by atoms with van der Waals surface area (Å²) in [6, 6.07) is 9.65. The van der Waals surface area contributed by atoms with E-state index in [1.54, 1.807) is 0 Å². The highest BCUT2D eigenvalue weighted by Crippen LogP contribution is 2.07. The highest BCUT2D eigenvalue weighted by molar-refractivity contribution is 5.67. The van der Waals surface area contributed by atoms with Crippen LogP contribution in [0.5, 0.6) is 0 Å². The van der Waals surface area contributed by atoms with Crippen LogP contribution in [0.3, 0.4) is 0 Å². The third-order valence-electron chi connectivity index (χ3n) is 3.48. The van der Waals surface area contributed by atoms with Crippen LogP contribution in [-0.2, 0) is 16.1 Å². The summed E-state index contributed by atoms with van der Waals surface area (Å²) < 4.78 is 5.13. The third kappa shape index (κ3) is 9.97. The van der Waals surface area contributed by atoms with Crippen LogP contribution in [0.1, 0.15) is 56.9 Å². The van der Waals surface area contributed by atoms with Gasteiger partial charge in [-0.25, -0.2) is 4.79 Å². The van der Waals surface area contributed by atoms with E-state index >= 15 is 0 Å². The molecule has 0 unspecified atom stereocenters.